The molecule has 5 nitrogen and oxygen atoms in total. The first-order valence-electron chi connectivity index (χ1n) is 18.8. The number of ether oxygens (including phenoxy) is 1. The largest absolute Gasteiger partial charge is 2.00 e. The molecule has 0 N–H and O–H groups in total. The molecule has 3 aromatic heterocycles. The third-order valence-electron chi connectivity index (χ3n) is 10.6. The van der Waals surface area contributed by atoms with Crippen molar-refractivity contribution in [2.24, 2.45) is 17.8 Å². The molecule has 1 unspecified atom stereocenters. The summed E-state index contributed by atoms with van der Waals surface area (Å²) in [6.07, 6.45) is 6.58. The van der Waals surface area contributed by atoms with Crippen LogP contribution in [0.15, 0.2) is 78.5 Å². The Morgan fingerprint density at radius 2 is 1.63 bits per heavy atom. The van der Waals surface area contributed by atoms with Crippen LogP contribution in [-0.2, 0) is 27.5 Å². The molecule has 0 saturated heterocycles. The van der Waals surface area contributed by atoms with E-state index in [2.05, 4.69) is 151 Å². The average Bonchev–Trinajstić information content (AvgIpc) is 3.58. The normalized spacial score (nSPS) is 17.7. The van der Waals surface area contributed by atoms with E-state index in [4.69, 9.17) is 14.8 Å². The van der Waals surface area contributed by atoms with Crippen LogP contribution in [0, 0.1) is 36.8 Å². The van der Waals surface area contributed by atoms with Crippen molar-refractivity contribution in [1.29, 1.82) is 0 Å². The molecule has 7 rings (SSSR count). The molecule has 272 valence electrons. The number of fused-ring (bicyclic) bond motifs is 3. The second kappa shape index (κ2) is 15.2. The Kier molecular flexibility index (Phi) is 11.0. The molecule has 1 aliphatic carbocycles. The van der Waals surface area contributed by atoms with Gasteiger partial charge in [-0.15, -0.1) is 41.3 Å². The summed E-state index contributed by atoms with van der Waals surface area (Å²) in [5.41, 5.74) is 10.6. The molecule has 6 heteroatoms. The van der Waals surface area contributed by atoms with Crippen LogP contribution < -0.4 is 4.74 Å². The van der Waals surface area contributed by atoms with Gasteiger partial charge in [-0.3, -0.25) is 4.68 Å². The SMILES string of the molecule is CC1=C[C@H](C)C[C@H](C)C1c1c(C)nn(-c2[c-]c(Oc3[c-]c4c(cc3)c3ccccc3n4-c3cc(CC(C)C)ccn3)cc(C(C)C)c2)c1C(C)C.[Pt+2]. The van der Waals surface area contributed by atoms with Crippen LogP contribution in [0.2, 0.25) is 0 Å². The summed E-state index contributed by atoms with van der Waals surface area (Å²) in [6, 6.07) is 28.6. The number of allylic oxidation sites excluding steroid dienone is 2. The maximum absolute atomic E-state index is 6.71. The van der Waals surface area contributed by atoms with Crippen molar-refractivity contribution >= 4 is 21.8 Å². The molecule has 0 spiro atoms. The summed E-state index contributed by atoms with van der Waals surface area (Å²) in [5.74, 6) is 4.85. The predicted octanol–water partition coefficient (Wildman–Crippen LogP) is 12.2. The van der Waals surface area contributed by atoms with Crippen molar-refractivity contribution in [2.75, 3.05) is 0 Å². The van der Waals surface area contributed by atoms with Gasteiger partial charge in [-0.05, 0) is 91.1 Å². The fraction of sp³-hybridized carbons (Fsp3) is 0.391. The van der Waals surface area contributed by atoms with Gasteiger partial charge in [0.05, 0.1) is 5.69 Å². The van der Waals surface area contributed by atoms with Crippen LogP contribution in [0.25, 0.3) is 33.3 Å². The summed E-state index contributed by atoms with van der Waals surface area (Å²) in [7, 11) is 0. The van der Waals surface area contributed by atoms with Gasteiger partial charge in [-0.25, -0.2) is 4.98 Å². The minimum absolute atomic E-state index is 0. The molecule has 0 fully saturated rings. The van der Waals surface area contributed by atoms with E-state index in [1.807, 2.05) is 12.3 Å². The molecule has 0 saturated carbocycles. The zero-order valence-corrected chi connectivity index (χ0v) is 34.6. The third kappa shape index (κ3) is 7.18. The van der Waals surface area contributed by atoms with Gasteiger partial charge in [0, 0.05) is 40.4 Å². The first-order chi connectivity index (χ1) is 24.4. The van der Waals surface area contributed by atoms with Gasteiger partial charge < -0.3 is 9.30 Å². The number of aryl methyl sites for hydroxylation is 1. The Bertz CT molecular complexity index is 2250. The molecule has 3 aromatic carbocycles. The second-order valence-corrected chi connectivity index (χ2v) is 16.0. The molecule has 52 heavy (non-hydrogen) atoms. The van der Waals surface area contributed by atoms with Crippen LogP contribution in [0.1, 0.15) is 115 Å². The Balaban J connectivity index is 0.00000464. The Morgan fingerprint density at radius 1 is 0.865 bits per heavy atom. The van der Waals surface area contributed by atoms with E-state index in [1.165, 1.54) is 39.8 Å². The van der Waals surface area contributed by atoms with Gasteiger partial charge in [0.15, 0.2) is 0 Å². The van der Waals surface area contributed by atoms with Crippen molar-refractivity contribution in [1.82, 2.24) is 19.3 Å². The first-order valence-corrected chi connectivity index (χ1v) is 18.8. The van der Waals surface area contributed by atoms with Gasteiger partial charge in [-0.1, -0.05) is 90.8 Å². The zero-order valence-electron chi connectivity index (χ0n) is 32.3. The maximum Gasteiger partial charge on any atom is 2.00 e. The summed E-state index contributed by atoms with van der Waals surface area (Å²) < 4.78 is 11.1. The topological polar surface area (TPSA) is 44.9 Å². The van der Waals surface area contributed by atoms with Gasteiger partial charge in [0.2, 0.25) is 0 Å². The number of pyridine rings is 1. The van der Waals surface area contributed by atoms with Crippen molar-refractivity contribution in [3.05, 3.63) is 119 Å². The maximum atomic E-state index is 6.71. The van der Waals surface area contributed by atoms with E-state index in [0.717, 1.165) is 40.0 Å². The summed E-state index contributed by atoms with van der Waals surface area (Å²) in [4.78, 5) is 4.84. The average molecular weight is 872 g/mol. The van der Waals surface area contributed by atoms with Crippen molar-refractivity contribution < 1.29 is 25.8 Å². The van der Waals surface area contributed by atoms with Crippen molar-refractivity contribution in [3.63, 3.8) is 0 Å². The quantitative estimate of drug-likeness (QED) is 0.107. The summed E-state index contributed by atoms with van der Waals surface area (Å²) in [6.45, 7) is 22.7. The van der Waals surface area contributed by atoms with Gasteiger partial charge >= 0.3 is 21.1 Å². The van der Waals surface area contributed by atoms with E-state index >= 15 is 0 Å². The third-order valence-corrected chi connectivity index (χ3v) is 10.6. The Labute approximate surface area is 324 Å². The molecule has 0 radical (unpaired) electrons. The van der Waals surface area contributed by atoms with E-state index in [1.54, 1.807) is 0 Å². The smallest absolute Gasteiger partial charge is 0.509 e. The number of hydrogen-bond acceptors (Lipinski definition) is 3. The van der Waals surface area contributed by atoms with Crippen molar-refractivity contribution in [3.8, 4) is 23.0 Å². The van der Waals surface area contributed by atoms with Crippen LogP contribution >= 0.6 is 0 Å². The molecule has 6 aromatic rings. The number of hydrogen-bond donors (Lipinski definition) is 0. The zero-order chi connectivity index (χ0) is 36.1. The number of nitrogens with zero attached hydrogens (tertiary/aromatic N) is 4. The fourth-order valence-corrected chi connectivity index (χ4v) is 8.51. The molecule has 3 heterocycles. The first kappa shape index (κ1) is 37.8. The van der Waals surface area contributed by atoms with Crippen molar-refractivity contribution in [2.45, 2.75) is 99.8 Å². The van der Waals surface area contributed by atoms with E-state index < -0.39 is 0 Å². The summed E-state index contributed by atoms with van der Waals surface area (Å²) in [5, 5.41) is 7.52. The molecule has 1 aliphatic rings. The molecule has 0 bridgehead atoms. The van der Waals surface area contributed by atoms with Crippen LogP contribution in [0.4, 0.5) is 0 Å². The van der Waals surface area contributed by atoms with Gasteiger partial charge in [-0.2, -0.15) is 11.2 Å². The van der Waals surface area contributed by atoms with E-state index in [0.29, 0.717) is 41.1 Å². The van der Waals surface area contributed by atoms with E-state index in [9.17, 15) is 0 Å². The molecule has 3 atom stereocenters. The summed E-state index contributed by atoms with van der Waals surface area (Å²) >= 11 is 0. The number of para-hydroxylation sites is 1. The van der Waals surface area contributed by atoms with Crippen LogP contribution in [-0.4, -0.2) is 19.3 Å². The monoisotopic (exact) mass is 871 g/mol. The van der Waals surface area contributed by atoms with Gasteiger partial charge in [0.25, 0.3) is 0 Å². The number of benzene rings is 3. The minimum Gasteiger partial charge on any atom is -0.509 e. The van der Waals surface area contributed by atoms with Crippen LogP contribution in [0.3, 0.4) is 0 Å². The molecular formula is C46H52N4OPt. The molecule has 0 aliphatic heterocycles. The number of rotatable bonds is 9. The fourth-order valence-electron chi connectivity index (χ4n) is 8.51. The predicted molar refractivity (Wildman–Crippen MR) is 211 cm³/mol. The standard InChI is InChI=1S/C46H52N4O.Pt/c1-27(2)19-34-17-18-47-43(22-34)49-41-14-12-11-13-39(41)40-16-15-37(26-42(40)49)51-38-24-35(28(3)4)23-36(25-38)50-46(29(5)6)45(33(10)48-50)44-31(8)20-30(7)21-32(44)9;/h11-18,20,22-24,27-30,32,44H,19,21H2,1-10H3;/q-2;+2/t30-,32-,44?;/m0./s1. The molecule has 0 amide bonds. The minimum atomic E-state index is 0. The van der Waals surface area contributed by atoms with E-state index in [-0.39, 0.29) is 27.0 Å². The number of aromatic nitrogens is 4. The molecular weight excluding hydrogens is 820 g/mol. The Morgan fingerprint density at radius 3 is 2.35 bits per heavy atom. The Hall–Kier alpha value is -3.95. The van der Waals surface area contributed by atoms with Crippen LogP contribution in [0.5, 0.6) is 11.5 Å². The second-order valence-electron chi connectivity index (χ2n) is 16.0. The van der Waals surface area contributed by atoms with Gasteiger partial charge in [0.1, 0.15) is 5.82 Å².